The number of nitro groups is 1. The van der Waals surface area contributed by atoms with Gasteiger partial charge in [0, 0.05) is 6.07 Å². The monoisotopic (exact) mass is 304 g/mol. The van der Waals surface area contributed by atoms with Crippen LogP contribution < -0.4 is 10.7 Å². The largest absolute Gasteiger partial charge is 0.467 e. The van der Waals surface area contributed by atoms with Gasteiger partial charge in [-0.15, -0.1) is 0 Å². The van der Waals surface area contributed by atoms with Crippen molar-refractivity contribution in [3.05, 3.63) is 64.1 Å². The van der Waals surface area contributed by atoms with Crippen molar-refractivity contribution < 1.29 is 9.34 Å². The number of nitrogens with one attached hydrogen (secondary N) is 2. The van der Waals surface area contributed by atoms with Crippen molar-refractivity contribution in [1.29, 1.82) is 0 Å². The maximum Gasteiger partial charge on any atom is 0.278 e. The summed E-state index contributed by atoms with van der Waals surface area (Å²) in [4.78, 5) is 10.4. The SMILES string of the molecule is O=[N+]([O-])c1ccccc1/C=N/NC(=S)NCc1ccco1. The first kappa shape index (κ1) is 14.7. The highest BCUT2D eigenvalue weighted by Gasteiger charge is 2.09. The summed E-state index contributed by atoms with van der Waals surface area (Å²) in [6.07, 6.45) is 2.92. The molecule has 7 nitrogen and oxygen atoms in total. The number of benzene rings is 1. The fourth-order valence-corrected chi connectivity index (χ4v) is 1.67. The summed E-state index contributed by atoms with van der Waals surface area (Å²) in [5.74, 6) is 0.738. The standard InChI is InChI=1S/C13H12N4O3S/c18-17(19)12-6-2-1-4-10(12)8-15-16-13(21)14-9-11-5-3-7-20-11/h1-8H,9H2,(H2,14,16,21)/b15-8+. The molecule has 2 aromatic rings. The number of hydrogen-bond acceptors (Lipinski definition) is 5. The molecule has 1 aromatic heterocycles. The van der Waals surface area contributed by atoms with E-state index in [1.54, 1.807) is 30.5 Å². The molecule has 0 aliphatic heterocycles. The van der Waals surface area contributed by atoms with Gasteiger partial charge in [0.1, 0.15) is 5.76 Å². The molecule has 0 radical (unpaired) electrons. The highest BCUT2D eigenvalue weighted by atomic mass is 32.1. The van der Waals surface area contributed by atoms with Gasteiger partial charge < -0.3 is 9.73 Å². The van der Waals surface area contributed by atoms with Gasteiger partial charge in [-0.3, -0.25) is 15.5 Å². The van der Waals surface area contributed by atoms with Crippen molar-refractivity contribution in [3.63, 3.8) is 0 Å². The average molecular weight is 304 g/mol. The molecule has 0 aliphatic carbocycles. The summed E-state index contributed by atoms with van der Waals surface area (Å²) in [5.41, 5.74) is 2.96. The zero-order chi connectivity index (χ0) is 15.1. The van der Waals surface area contributed by atoms with Crippen LogP contribution in [-0.2, 0) is 6.54 Å². The molecule has 8 heteroatoms. The van der Waals surface area contributed by atoms with Crippen LogP contribution in [0.5, 0.6) is 0 Å². The first-order valence-corrected chi connectivity index (χ1v) is 6.40. The highest BCUT2D eigenvalue weighted by molar-refractivity contribution is 7.80. The molecule has 2 rings (SSSR count). The molecular formula is C13H12N4O3S. The zero-order valence-electron chi connectivity index (χ0n) is 10.9. The maximum atomic E-state index is 10.8. The van der Waals surface area contributed by atoms with E-state index < -0.39 is 4.92 Å². The third-order valence-corrected chi connectivity index (χ3v) is 2.74. The molecule has 0 atom stereocenters. The number of thiocarbonyl (C=S) groups is 1. The lowest BCUT2D eigenvalue weighted by Crippen LogP contribution is -2.31. The average Bonchev–Trinajstić information content (AvgIpc) is 2.99. The van der Waals surface area contributed by atoms with Crippen LogP contribution in [0.4, 0.5) is 5.69 Å². The summed E-state index contributed by atoms with van der Waals surface area (Å²) >= 11 is 5.02. The molecular weight excluding hydrogens is 292 g/mol. The van der Waals surface area contributed by atoms with Gasteiger partial charge in [-0.05, 0) is 30.4 Å². The number of nitrogens with zero attached hydrogens (tertiary/aromatic N) is 2. The van der Waals surface area contributed by atoms with Crippen molar-refractivity contribution in [2.45, 2.75) is 6.54 Å². The van der Waals surface area contributed by atoms with Crippen LogP contribution in [0.2, 0.25) is 0 Å². The molecule has 21 heavy (non-hydrogen) atoms. The topological polar surface area (TPSA) is 92.7 Å². The van der Waals surface area contributed by atoms with Crippen LogP contribution in [0.3, 0.4) is 0 Å². The van der Waals surface area contributed by atoms with Crippen LogP contribution in [0, 0.1) is 10.1 Å². The predicted octanol–water partition coefficient (Wildman–Crippen LogP) is 2.19. The molecule has 0 fully saturated rings. The van der Waals surface area contributed by atoms with Crippen molar-refractivity contribution >= 4 is 29.2 Å². The third kappa shape index (κ3) is 4.39. The molecule has 0 saturated carbocycles. The van der Waals surface area contributed by atoms with Crippen molar-refractivity contribution in [2.75, 3.05) is 0 Å². The van der Waals surface area contributed by atoms with Crippen LogP contribution in [0.15, 0.2) is 52.2 Å². The predicted molar refractivity (Wildman–Crippen MR) is 82.0 cm³/mol. The van der Waals surface area contributed by atoms with E-state index in [-0.39, 0.29) is 5.69 Å². The van der Waals surface area contributed by atoms with Crippen LogP contribution in [-0.4, -0.2) is 16.3 Å². The first-order valence-electron chi connectivity index (χ1n) is 5.99. The van der Waals surface area contributed by atoms with Crippen LogP contribution in [0.25, 0.3) is 0 Å². The van der Waals surface area contributed by atoms with E-state index in [4.69, 9.17) is 16.6 Å². The molecule has 2 N–H and O–H groups in total. The van der Waals surface area contributed by atoms with E-state index in [0.29, 0.717) is 17.2 Å². The Kier molecular flexibility index (Phi) is 4.99. The van der Waals surface area contributed by atoms with E-state index in [2.05, 4.69) is 15.8 Å². The van der Waals surface area contributed by atoms with Gasteiger partial charge in [-0.1, -0.05) is 12.1 Å². The molecule has 108 valence electrons. The summed E-state index contributed by atoms with van der Waals surface area (Å²) in [6.45, 7) is 0.430. The lowest BCUT2D eigenvalue weighted by Gasteiger charge is -2.04. The van der Waals surface area contributed by atoms with E-state index in [9.17, 15) is 10.1 Å². The van der Waals surface area contributed by atoms with E-state index in [1.807, 2.05) is 6.07 Å². The lowest BCUT2D eigenvalue weighted by molar-refractivity contribution is -0.385. The second kappa shape index (κ2) is 7.15. The van der Waals surface area contributed by atoms with Crippen LogP contribution in [0.1, 0.15) is 11.3 Å². The number of furan rings is 1. The molecule has 0 spiro atoms. The molecule has 0 amide bonds. The molecule has 0 bridgehead atoms. The Hall–Kier alpha value is -2.74. The number of hydrogen-bond donors (Lipinski definition) is 2. The van der Waals surface area contributed by atoms with Gasteiger partial charge in [-0.2, -0.15) is 5.10 Å². The van der Waals surface area contributed by atoms with Gasteiger partial charge in [-0.25, -0.2) is 0 Å². The second-order valence-corrected chi connectivity index (χ2v) is 4.36. The number of rotatable bonds is 5. The van der Waals surface area contributed by atoms with E-state index in [0.717, 1.165) is 5.76 Å². The summed E-state index contributed by atoms with van der Waals surface area (Å²) in [7, 11) is 0. The van der Waals surface area contributed by atoms with Crippen molar-refractivity contribution in [1.82, 2.24) is 10.7 Å². The molecule has 1 heterocycles. The molecule has 0 aliphatic rings. The normalized spacial score (nSPS) is 10.5. The number of nitro benzene ring substituents is 1. The highest BCUT2D eigenvalue weighted by Crippen LogP contribution is 2.14. The zero-order valence-corrected chi connectivity index (χ0v) is 11.7. The molecule has 0 saturated heterocycles. The lowest BCUT2D eigenvalue weighted by atomic mass is 10.2. The van der Waals surface area contributed by atoms with Gasteiger partial charge in [0.25, 0.3) is 5.69 Å². The smallest absolute Gasteiger partial charge is 0.278 e. The van der Waals surface area contributed by atoms with Gasteiger partial charge >= 0.3 is 0 Å². The van der Waals surface area contributed by atoms with Crippen molar-refractivity contribution in [3.8, 4) is 0 Å². The summed E-state index contributed by atoms with van der Waals surface area (Å²) in [5, 5.41) is 17.9. The van der Waals surface area contributed by atoms with E-state index in [1.165, 1.54) is 12.3 Å². The fraction of sp³-hybridized carbons (Fsp3) is 0.0769. The summed E-state index contributed by atoms with van der Waals surface area (Å²) < 4.78 is 5.14. The van der Waals surface area contributed by atoms with Crippen molar-refractivity contribution in [2.24, 2.45) is 5.10 Å². The Bertz CT molecular complexity index is 655. The maximum absolute atomic E-state index is 10.8. The summed E-state index contributed by atoms with van der Waals surface area (Å²) in [6, 6.07) is 9.89. The van der Waals surface area contributed by atoms with Gasteiger partial charge in [0.2, 0.25) is 0 Å². The minimum Gasteiger partial charge on any atom is -0.467 e. The Morgan fingerprint density at radius 1 is 1.38 bits per heavy atom. The minimum absolute atomic E-state index is 0.0162. The Morgan fingerprint density at radius 2 is 2.19 bits per heavy atom. The van der Waals surface area contributed by atoms with Gasteiger partial charge in [0.05, 0.1) is 29.5 Å². The van der Waals surface area contributed by atoms with Crippen LogP contribution >= 0.6 is 12.2 Å². The third-order valence-electron chi connectivity index (χ3n) is 2.51. The molecule has 1 aromatic carbocycles. The van der Waals surface area contributed by atoms with E-state index >= 15 is 0 Å². The Labute approximate surface area is 125 Å². The number of para-hydroxylation sites is 1. The first-order chi connectivity index (χ1) is 10.2. The van der Waals surface area contributed by atoms with Gasteiger partial charge in [0.15, 0.2) is 5.11 Å². The Morgan fingerprint density at radius 3 is 2.90 bits per heavy atom. The second-order valence-electron chi connectivity index (χ2n) is 3.95. The fourth-order valence-electron chi connectivity index (χ4n) is 1.54. The number of hydrazone groups is 1. The molecule has 0 unspecified atom stereocenters. The Balaban J connectivity index is 1.87. The minimum atomic E-state index is -0.463. The quantitative estimate of drug-likeness (QED) is 0.381.